The summed E-state index contributed by atoms with van der Waals surface area (Å²) in [7, 11) is 2.02. The molecule has 0 unspecified atom stereocenters. The van der Waals surface area contributed by atoms with Crippen LogP contribution >= 0.6 is 11.3 Å². The highest BCUT2D eigenvalue weighted by atomic mass is 32.1. The summed E-state index contributed by atoms with van der Waals surface area (Å²) in [6.07, 6.45) is 1.33. The van der Waals surface area contributed by atoms with Crippen molar-refractivity contribution in [3.05, 3.63) is 64.9 Å². The quantitative estimate of drug-likeness (QED) is 0.762. The molecule has 1 fully saturated rings. The fourth-order valence-electron chi connectivity index (χ4n) is 3.33. The minimum Gasteiger partial charge on any atom is -0.489 e. The van der Waals surface area contributed by atoms with Crippen LogP contribution in [0.5, 0.6) is 5.75 Å². The number of ether oxygens (including phenoxy) is 1. The number of likely N-dealkylation sites (N-methyl/N-ethyl adjacent to an activating group) is 1. The number of thiophene rings is 1. The van der Waals surface area contributed by atoms with Crippen molar-refractivity contribution in [1.82, 2.24) is 5.32 Å². The molecule has 1 N–H and O–H groups in total. The fourth-order valence-corrected chi connectivity index (χ4v) is 4.10. The number of hydrogen-bond donors (Lipinski definition) is 1. The first kappa shape index (κ1) is 13.8. The first-order valence-electron chi connectivity index (χ1n) is 7.65. The molecule has 2 atom stereocenters. The van der Waals surface area contributed by atoms with Crippen LogP contribution in [0.2, 0.25) is 0 Å². The molecule has 0 amide bonds. The van der Waals surface area contributed by atoms with Crippen LogP contribution in [0, 0.1) is 0 Å². The molecule has 112 valence electrons. The van der Waals surface area contributed by atoms with Gasteiger partial charge < -0.3 is 10.1 Å². The Balaban J connectivity index is 1.64. The summed E-state index contributed by atoms with van der Waals surface area (Å²) in [5.74, 6) is 0.997. The molecule has 4 rings (SSSR count). The first-order valence-corrected chi connectivity index (χ1v) is 8.59. The molecule has 1 aliphatic rings. The number of nitrogens with one attached hydrogen (secondary N) is 1. The van der Waals surface area contributed by atoms with Crippen LogP contribution in [-0.2, 0) is 5.41 Å². The third-order valence-electron chi connectivity index (χ3n) is 4.61. The lowest BCUT2D eigenvalue weighted by Gasteiger charge is -2.17. The van der Waals surface area contributed by atoms with Gasteiger partial charge in [0.2, 0.25) is 0 Å². The summed E-state index contributed by atoms with van der Waals surface area (Å²) in [6.45, 7) is 0.958. The van der Waals surface area contributed by atoms with Crippen molar-refractivity contribution in [3.8, 4) is 5.75 Å². The van der Waals surface area contributed by atoms with Gasteiger partial charge in [-0.05, 0) is 47.3 Å². The molecular formula is C19H19NOS. The monoisotopic (exact) mass is 309 g/mol. The first-order chi connectivity index (χ1) is 10.8. The number of fused-ring (bicyclic) bond motifs is 1. The molecule has 2 nitrogen and oxygen atoms in total. The van der Waals surface area contributed by atoms with Gasteiger partial charge in [0.1, 0.15) is 11.9 Å². The molecule has 1 aromatic heterocycles. The Bertz CT molecular complexity index is 778. The van der Waals surface area contributed by atoms with Gasteiger partial charge in [-0.25, -0.2) is 0 Å². The van der Waals surface area contributed by atoms with Crippen LogP contribution in [0.15, 0.2) is 59.3 Å². The van der Waals surface area contributed by atoms with Gasteiger partial charge in [0.05, 0.1) is 0 Å². The molecule has 0 bridgehead atoms. The van der Waals surface area contributed by atoms with Gasteiger partial charge in [-0.3, -0.25) is 0 Å². The van der Waals surface area contributed by atoms with Crippen molar-refractivity contribution in [2.24, 2.45) is 0 Å². The molecule has 0 saturated heterocycles. The third-order valence-corrected chi connectivity index (χ3v) is 5.30. The van der Waals surface area contributed by atoms with Crippen molar-refractivity contribution in [2.75, 3.05) is 13.6 Å². The van der Waals surface area contributed by atoms with Gasteiger partial charge in [-0.15, -0.1) is 0 Å². The van der Waals surface area contributed by atoms with Crippen molar-refractivity contribution in [3.63, 3.8) is 0 Å². The highest BCUT2D eigenvalue weighted by Gasteiger charge is 2.57. The van der Waals surface area contributed by atoms with E-state index in [1.54, 1.807) is 11.3 Å². The Morgan fingerprint density at radius 1 is 1.18 bits per heavy atom. The topological polar surface area (TPSA) is 21.3 Å². The van der Waals surface area contributed by atoms with E-state index in [4.69, 9.17) is 4.74 Å². The summed E-state index contributed by atoms with van der Waals surface area (Å²) in [4.78, 5) is 0. The molecule has 22 heavy (non-hydrogen) atoms. The average Bonchev–Trinajstić information content (AvgIpc) is 2.99. The van der Waals surface area contributed by atoms with E-state index in [0.29, 0.717) is 0 Å². The molecule has 0 radical (unpaired) electrons. The number of hydrogen-bond acceptors (Lipinski definition) is 3. The second kappa shape index (κ2) is 5.41. The van der Waals surface area contributed by atoms with Crippen LogP contribution < -0.4 is 10.1 Å². The predicted molar refractivity (Wildman–Crippen MR) is 92.9 cm³/mol. The van der Waals surface area contributed by atoms with Gasteiger partial charge in [0.25, 0.3) is 0 Å². The highest BCUT2D eigenvalue weighted by Crippen LogP contribution is 2.51. The lowest BCUT2D eigenvalue weighted by Crippen LogP contribution is -2.28. The van der Waals surface area contributed by atoms with E-state index in [1.165, 1.54) is 16.3 Å². The van der Waals surface area contributed by atoms with Crippen LogP contribution in [0.3, 0.4) is 0 Å². The zero-order chi connectivity index (χ0) is 15.0. The number of rotatable bonds is 5. The summed E-state index contributed by atoms with van der Waals surface area (Å²) >= 11 is 1.76. The molecule has 0 spiro atoms. The van der Waals surface area contributed by atoms with Gasteiger partial charge in [0, 0.05) is 17.3 Å². The Labute approximate surface area is 134 Å². The zero-order valence-electron chi connectivity index (χ0n) is 12.6. The molecule has 3 aromatic rings. The second-order valence-electron chi connectivity index (χ2n) is 5.99. The van der Waals surface area contributed by atoms with Crippen LogP contribution in [0.4, 0.5) is 0 Å². The number of benzene rings is 2. The average molecular weight is 309 g/mol. The maximum atomic E-state index is 6.40. The van der Waals surface area contributed by atoms with E-state index in [0.717, 1.165) is 18.7 Å². The van der Waals surface area contributed by atoms with Crippen molar-refractivity contribution in [1.29, 1.82) is 0 Å². The normalized spacial score (nSPS) is 23.6. The van der Waals surface area contributed by atoms with Gasteiger partial charge in [-0.2, -0.15) is 11.3 Å². The van der Waals surface area contributed by atoms with Crippen LogP contribution in [0.1, 0.15) is 12.0 Å². The van der Waals surface area contributed by atoms with Crippen molar-refractivity contribution in [2.45, 2.75) is 17.9 Å². The molecule has 1 heterocycles. The molecular weight excluding hydrogens is 290 g/mol. The highest BCUT2D eigenvalue weighted by molar-refractivity contribution is 7.08. The van der Waals surface area contributed by atoms with E-state index < -0.39 is 0 Å². The molecule has 1 saturated carbocycles. The Morgan fingerprint density at radius 3 is 2.86 bits per heavy atom. The lowest BCUT2D eigenvalue weighted by atomic mass is 9.99. The van der Waals surface area contributed by atoms with Gasteiger partial charge in [-0.1, -0.05) is 36.4 Å². The summed E-state index contributed by atoms with van der Waals surface area (Å²) in [5, 5.41) is 10.2. The Kier molecular flexibility index (Phi) is 3.40. The van der Waals surface area contributed by atoms with E-state index >= 15 is 0 Å². The summed E-state index contributed by atoms with van der Waals surface area (Å²) < 4.78 is 6.40. The van der Waals surface area contributed by atoms with Gasteiger partial charge in [0.15, 0.2) is 0 Å². The largest absolute Gasteiger partial charge is 0.489 e. The van der Waals surface area contributed by atoms with E-state index in [9.17, 15) is 0 Å². The molecule has 2 aromatic carbocycles. The van der Waals surface area contributed by atoms with E-state index in [-0.39, 0.29) is 11.5 Å². The van der Waals surface area contributed by atoms with E-state index in [1.807, 2.05) is 7.05 Å². The van der Waals surface area contributed by atoms with Crippen LogP contribution in [0.25, 0.3) is 10.8 Å². The second-order valence-corrected chi connectivity index (χ2v) is 6.77. The minimum atomic E-state index is 0.131. The molecule has 3 heteroatoms. The van der Waals surface area contributed by atoms with Crippen LogP contribution in [-0.4, -0.2) is 19.7 Å². The maximum Gasteiger partial charge on any atom is 0.127 e. The van der Waals surface area contributed by atoms with Crippen molar-refractivity contribution < 1.29 is 4.74 Å². The zero-order valence-corrected chi connectivity index (χ0v) is 13.4. The lowest BCUT2D eigenvalue weighted by molar-refractivity contribution is 0.274. The van der Waals surface area contributed by atoms with E-state index in [2.05, 4.69) is 64.6 Å². The van der Waals surface area contributed by atoms with Gasteiger partial charge >= 0.3 is 0 Å². The summed E-state index contributed by atoms with van der Waals surface area (Å²) in [5.41, 5.74) is 1.53. The molecule has 0 aliphatic heterocycles. The smallest absolute Gasteiger partial charge is 0.127 e. The van der Waals surface area contributed by atoms with Crippen molar-refractivity contribution >= 4 is 22.1 Å². The Hall–Kier alpha value is -1.84. The standard InChI is InChI=1S/C19H19NOS/c1-20-13-19(15-9-10-22-12-15)11-18(19)21-17-8-4-6-14-5-2-3-7-16(14)17/h2-10,12,18,20H,11,13H2,1H3/t18-,19+/m1/s1. The summed E-state index contributed by atoms with van der Waals surface area (Å²) in [6, 6.07) is 16.9. The SMILES string of the molecule is CNC[C@]1(c2ccsc2)C[C@H]1Oc1cccc2ccccc12. The minimum absolute atomic E-state index is 0.131. The Morgan fingerprint density at radius 2 is 2.05 bits per heavy atom. The predicted octanol–water partition coefficient (Wildman–Crippen LogP) is 4.21. The fraction of sp³-hybridized carbons (Fsp3) is 0.263. The maximum absolute atomic E-state index is 6.40. The molecule has 1 aliphatic carbocycles. The third kappa shape index (κ3) is 2.21.